The summed E-state index contributed by atoms with van der Waals surface area (Å²) >= 11 is 1.79. The summed E-state index contributed by atoms with van der Waals surface area (Å²) in [7, 11) is 0. The molecule has 1 aromatic heterocycles. The Balaban J connectivity index is 1.81. The third kappa shape index (κ3) is 3.70. The average Bonchev–Trinajstić information content (AvgIpc) is 3.05. The molecular weight excluding hydrogens is 304 g/mol. The highest BCUT2D eigenvalue weighted by Crippen LogP contribution is 2.30. The van der Waals surface area contributed by atoms with E-state index in [1.54, 1.807) is 11.3 Å². The molecule has 0 radical (unpaired) electrons. The van der Waals surface area contributed by atoms with E-state index in [4.69, 9.17) is 5.11 Å². The van der Waals surface area contributed by atoms with Crippen LogP contribution in [-0.2, 0) is 19.6 Å². The second-order valence-electron chi connectivity index (χ2n) is 5.72. The number of aliphatic hydroxyl groups excluding tert-OH is 2. The summed E-state index contributed by atoms with van der Waals surface area (Å²) < 4.78 is 0. The van der Waals surface area contributed by atoms with Gasteiger partial charge >= 0.3 is 0 Å². The zero-order valence-corrected chi connectivity index (χ0v) is 13.9. The Morgan fingerprint density at radius 2 is 1.52 bits per heavy atom. The van der Waals surface area contributed by atoms with E-state index in [-0.39, 0.29) is 13.2 Å². The van der Waals surface area contributed by atoms with Crippen LogP contribution in [0.5, 0.6) is 0 Å². The van der Waals surface area contributed by atoms with Crippen LogP contribution in [-0.4, -0.2) is 10.2 Å². The number of thiophene rings is 1. The van der Waals surface area contributed by atoms with Gasteiger partial charge < -0.3 is 10.2 Å². The van der Waals surface area contributed by atoms with Crippen LogP contribution in [0.3, 0.4) is 0 Å². The van der Waals surface area contributed by atoms with Crippen molar-refractivity contribution >= 4 is 11.3 Å². The number of hydrogen-bond donors (Lipinski definition) is 2. The van der Waals surface area contributed by atoms with Gasteiger partial charge in [0.1, 0.15) is 0 Å². The van der Waals surface area contributed by atoms with Crippen LogP contribution >= 0.6 is 11.3 Å². The van der Waals surface area contributed by atoms with Crippen molar-refractivity contribution in [1.29, 1.82) is 0 Å². The molecule has 2 nitrogen and oxygen atoms in total. The Bertz CT molecular complexity index is 788. The van der Waals surface area contributed by atoms with Crippen LogP contribution in [0.1, 0.15) is 27.1 Å². The molecule has 3 heteroatoms. The van der Waals surface area contributed by atoms with Crippen LogP contribution in [0, 0.1) is 6.92 Å². The van der Waals surface area contributed by atoms with E-state index in [0.29, 0.717) is 0 Å². The smallest absolute Gasteiger partial charge is 0.0681 e. The number of aliphatic hydroxyl groups is 2. The molecule has 118 valence electrons. The monoisotopic (exact) mass is 324 g/mol. The van der Waals surface area contributed by atoms with Gasteiger partial charge in [0.05, 0.1) is 13.2 Å². The minimum atomic E-state index is 0.0798. The van der Waals surface area contributed by atoms with Gasteiger partial charge in [-0.3, -0.25) is 0 Å². The Labute approximate surface area is 140 Å². The quantitative estimate of drug-likeness (QED) is 0.734. The average molecular weight is 324 g/mol. The lowest BCUT2D eigenvalue weighted by atomic mass is 10.0. The highest BCUT2D eigenvalue weighted by atomic mass is 32.1. The maximum absolute atomic E-state index is 9.30. The first-order valence-corrected chi connectivity index (χ1v) is 8.49. The molecular formula is C20H20O2S. The van der Waals surface area contributed by atoms with E-state index in [1.165, 1.54) is 26.4 Å². The minimum Gasteiger partial charge on any atom is -0.392 e. The Morgan fingerprint density at radius 1 is 0.826 bits per heavy atom. The Kier molecular flexibility index (Phi) is 4.91. The fourth-order valence-corrected chi connectivity index (χ4v) is 3.64. The predicted molar refractivity (Wildman–Crippen MR) is 95.6 cm³/mol. The van der Waals surface area contributed by atoms with Crippen LogP contribution in [0.4, 0.5) is 0 Å². The van der Waals surface area contributed by atoms with Crippen molar-refractivity contribution in [3.8, 4) is 10.4 Å². The van der Waals surface area contributed by atoms with Gasteiger partial charge in [0, 0.05) is 16.2 Å². The first-order valence-electron chi connectivity index (χ1n) is 7.68. The van der Waals surface area contributed by atoms with Crippen LogP contribution in [0.15, 0.2) is 54.6 Å². The molecule has 0 saturated heterocycles. The molecule has 0 aliphatic carbocycles. The molecule has 1 heterocycles. The number of rotatable bonds is 5. The van der Waals surface area contributed by atoms with Crippen molar-refractivity contribution < 1.29 is 10.2 Å². The van der Waals surface area contributed by atoms with E-state index >= 15 is 0 Å². The third-order valence-corrected chi connectivity index (χ3v) is 5.18. The fourth-order valence-electron chi connectivity index (χ4n) is 2.60. The molecule has 0 fully saturated rings. The Morgan fingerprint density at radius 3 is 2.22 bits per heavy atom. The van der Waals surface area contributed by atoms with E-state index in [2.05, 4.69) is 43.3 Å². The van der Waals surface area contributed by atoms with Gasteiger partial charge in [-0.1, -0.05) is 42.5 Å². The van der Waals surface area contributed by atoms with Gasteiger partial charge in [0.15, 0.2) is 0 Å². The zero-order chi connectivity index (χ0) is 16.2. The molecule has 2 N–H and O–H groups in total. The molecule has 3 rings (SSSR count). The molecule has 3 aromatic rings. The molecule has 0 unspecified atom stereocenters. The molecule has 0 atom stereocenters. The maximum atomic E-state index is 9.30. The summed E-state index contributed by atoms with van der Waals surface area (Å²) in [5, 5.41) is 18.4. The molecule has 0 aliphatic rings. The second-order valence-corrected chi connectivity index (χ2v) is 6.89. The summed E-state index contributed by atoms with van der Waals surface area (Å²) in [6.07, 6.45) is 0.888. The first kappa shape index (κ1) is 15.9. The Hall–Kier alpha value is -1.94. The van der Waals surface area contributed by atoms with E-state index in [1.807, 2.05) is 18.2 Å². The summed E-state index contributed by atoms with van der Waals surface area (Å²) in [5.41, 5.74) is 5.59. The van der Waals surface area contributed by atoms with Gasteiger partial charge in [0.2, 0.25) is 0 Å². The van der Waals surface area contributed by atoms with Crippen LogP contribution in [0.25, 0.3) is 10.4 Å². The molecule has 0 amide bonds. The summed E-state index contributed by atoms with van der Waals surface area (Å²) in [6, 6.07) is 18.5. The lowest BCUT2D eigenvalue weighted by Gasteiger charge is -2.06. The SMILES string of the molecule is Cc1ccc(CO)cc1Cc1ccc(-c2ccc(CO)cc2)s1. The molecule has 2 aromatic carbocycles. The molecule has 23 heavy (non-hydrogen) atoms. The van der Waals surface area contributed by atoms with Crippen molar-refractivity contribution in [3.63, 3.8) is 0 Å². The molecule has 0 aliphatic heterocycles. The maximum Gasteiger partial charge on any atom is 0.0681 e. The first-order chi connectivity index (χ1) is 11.2. The standard InChI is InChI=1S/C20H20O2S/c1-14-2-3-16(13-22)10-18(14)11-19-8-9-20(23-19)17-6-4-15(12-21)5-7-17/h2-10,21-22H,11-13H2,1H3. The highest BCUT2D eigenvalue weighted by Gasteiger charge is 2.07. The van der Waals surface area contributed by atoms with Crippen molar-refractivity contribution in [2.45, 2.75) is 26.6 Å². The van der Waals surface area contributed by atoms with E-state index in [9.17, 15) is 5.11 Å². The summed E-state index contributed by atoms with van der Waals surface area (Å²) in [4.78, 5) is 2.55. The predicted octanol–water partition coefficient (Wildman–Crippen LogP) is 4.30. The van der Waals surface area contributed by atoms with Gasteiger partial charge in [-0.25, -0.2) is 0 Å². The highest BCUT2D eigenvalue weighted by molar-refractivity contribution is 7.15. The van der Waals surface area contributed by atoms with E-state index < -0.39 is 0 Å². The van der Waals surface area contributed by atoms with Gasteiger partial charge in [0.25, 0.3) is 0 Å². The number of aryl methyl sites for hydroxylation is 1. The van der Waals surface area contributed by atoms with Gasteiger partial charge in [-0.2, -0.15) is 0 Å². The fraction of sp³-hybridized carbons (Fsp3) is 0.200. The lowest BCUT2D eigenvalue weighted by Crippen LogP contribution is -1.92. The summed E-state index contributed by atoms with van der Waals surface area (Å²) in [6.45, 7) is 2.27. The molecule has 0 bridgehead atoms. The minimum absolute atomic E-state index is 0.0798. The van der Waals surface area contributed by atoms with E-state index in [0.717, 1.165) is 17.5 Å². The zero-order valence-electron chi connectivity index (χ0n) is 13.1. The van der Waals surface area contributed by atoms with Crippen LogP contribution < -0.4 is 0 Å². The normalized spacial score (nSPS) is 10.9. The largest absolute Gasteiger partial charge is 0.392 e. The van der Waals surface area contributed by atoms with Crippen molar-refractivity contribution in [2.75, 3.05) is 0 Å². The second kappa shape index (κ2) is 7.09. The van der Waals surface area contributed by atoms with Crippen LogP contribution in [0.2, 0.25) is 0 Å². The van der Waals surface area contributed by atoms with Gasteiger partial charge in [-0.05, 0) is 46.9 Å². The molecule has 0 spiro atoms. The number of benzene rings is 2. The molecule has 0 saturated carbocycles. The van der Waals surface area contributed by atoms with Crippen molar-refractivity contribution in [1.82, 2.24) is 0 Å². The topological polar surface area (TPSA) is 40.5 Å². The van der Waals surface area contributed by atoms with Crippen molar-refractivity contribution in [2.24, 2.45) is 0 Å². The van der Waals surface area contributed by atoms with Gasteiger partial charge in [-0.15, -0.1) is 11.3 Å². The summed E-state index contributed by atoms with van der Waals surface area (Å²) in [5.74, 6) is 0. The number of hydrogen-bond acceptors (Lipinski definition) is 3. The third-order valence-electron chi connectivity index (χ3n) is 4.04. The lowest BCUT2D eigenvalue weighted by molar-refractivity contribution is 0.281. The van der Waals surface area contributed by atoms with Crippen molar-refractivity contribution in [3.05, 3.63) is 81.7 Å².